The Hall–Kier alpha value is -4.10. The zero-order valence-corrected chi connectivity index (χ0v) is 15.7. The summed E-state index contributed by atoms with van der Waals surface area (Å²) in [7, 11) is 0. The molecule has 146 valence electrons. The first-order chi connectivity index (χ1) is 22.9. The summed E-state index contributed by atoms with van der Waals surface area (Å²) in [5.41, 5.74) is -2.39. The van der Waals surface area contributed by atoms with Crippen LogP contribution < -0.4 is 0 Å². The van der Waals surface area contributed by atoms with Crippen molar-refractivity contribution in [1.82, 2.24) is 4.57 Å². The van der Waals surface area contributed by atoms with Gasteiger partial charge < -0.3 is 4.57 Å². The number of hydrogen-bond donors (Lipinski definition) is 0. The van der Waals surface area contributed by atoms with Crippen molar-refractivity contribution in [2.45, 2.75) is 0 Å². The SMILES string of the molecule is [2H]c1c([2H])c([2H])c(-c2cccc(-c3c([2H])c([2H])c([2H])c([2H])c3[2H])c2-n2c3c([2H])c([2H])c([2H])c([2H])c3c3c([2H])c([2H])c([2H])c([2H])c32)c([2H])c1[2H]. The number of aromatic nitrogens is 1. The van der Waals surface area contributed by atoms with E-state index in [2.05, 4.69) is 0 Å². The minimum absolute atomic E-state index is 0.222. The van der Waals surface area contributed by atoms with Gasteiger partial charge >= 0.3 is 0 Å². The first-order valence-corrected chi connectivity index (χ1v) is 9.16. The predicted molar refractivity (Wildman–Crippen MR) is 132 cm³/mol. The molecule has 0 atom stereocenters. The molecule has 0 bridgehead atoms. The lowest BCUT2D eigenvalue weighted by Crippen LogP contribution is -2.00. The van der Waals surface area contributed by atoms with E-state index < -0.39 is 120 Å². The fourth-order valence-electron chi connectivity index (χ4n) is 3.60. The van der Waals surface area contributed by atoms with Crippen molar-refractivity contribution in [3.8, 4) is 27.9 Å². The molecule has 6 aromatic rings. The molecule has 0 fully saturated rings. The molecule has 6 rings (SSSR count). The summed E-state index contributed by atoms with van der Waals surface area (Å²) in [4.78, 5) is 0. The summed E-state index contributed by atoms with van der Waals surface area (Å²) in [5, 5.41) is -0.647. The Bertz CT molecular complexity index is 2260. The molecule has 0 radical (unpaired) electrons. The largest absolute Gasteiger partial charge is 0.308 e. The van der Waals surface area contributed by atoms with Gasteiger partial charge in [0.1, 0.15) is 0 Å². The summed E-state index contributed by atoms with van der Waals surface area (Å²) >= 11 is 0. The van der Waals surface area contributed by atoms with Gasteiger partial charge in [-0.1, -0.05) is 115 Å². The highest BCUT2D eigenvalue weighted by atomic mass is 15.0. The molecule has 1 heterocycles. The van der Waals surface area contributed by atoms with Gasteiger partial charge in [-0.25, -0.2) is 0 Å². The molecule has 1 aromatic heterocycles. The van der Waals surface area contributed by atoms with Gasteiger partial charge in [-0.15, -0.1) is 0 Å². The Morgan fingerprint density at radius 3 is 1.39 bits per heavy atom. The average Bonchev–Trinajstić information content (AvgIpc) is 3.44. The van der Waals surface area contributed by atoms with Crippen LogP contribution in [-0.4, -0.2) is 4.57 Å². The molecule has 0 aliphatic heterocycles. The Morgan fingerprint density at radius 2 is 0.903 bits per heavy atom. The summed E-state index contributed by atoms with van der Waals surface area (Å²) in [6.07, 6.45) is 0. The highest BCUT2D eigenvalue weighted by Crippen LogP contribution is 2.40. The van der Waals surface area contributed by atoms with Crippen LogP contribution in [0.15, 0.2) is 127 Å². The van der Waals surface area contributed by atoms with Gasteiger partial charge in [0, 0.05) is 21.9 Å². The Balaban J connectivity index is 2.04. The molecule has 5 aromatic carbocycles. The van der Waals surface area contributed by atoms with E-state index in [0.29, 0.717) is 0 Å². The van der Waals surface area contributed by atoms with Gasteiger partial charge in [0.15, 0.2) is 0 Å². The molecule has 31 heavy (non-hydrogen) atoms. The lowest BCUT2D eigenvalue weighted by molar-refractivity contribution is 1.18. The van der Waals surface area contributed by atoms with Crippen LogP contribution in [-0.2, 0) is 0 Å². The van der Waals surface area contributed by atoms with E-state index >= 15 is 0 Å². The van der Waals surface area contributed by atoms with Crippen molar-refractivity contribution in [3.63, 3.8) is 0 Å². The quantitative estimate of drug-likeness (QED) is 0.276. The molecule has 0 aliphatic carbocycles. The normalized spacial score (nSPS) is 19.4. The Morgan fingerprint density at radius 1 is 0.484 bits per heavy atom. The van der Waals surface area contributed by atoms with Crippen LogP contribution in [0.3, 0.4) is 0 Å². The molecular weight excluding hydrogens is 374 g/mol. The van der Waals surface area contributed by atoms with Crippen LogP contribution in [0.1, 0.15) is 24.7 Å². The summed E-state index contributed by atoms with van der Waals surface area (Å²) < 4.78 is 155. The first-order valence-electron chi connectivity index (χ1n) is 18.2. The van der Waals surface area contributed by atoms with E-state index in [1.54, 1.807) is 0 Å². The third-order valence-electron chi connectivity index (χ3n) is 4.83. The summed E-state index contributed by atoms with van der Waals surface area (Å²) in [6, 6.07) is -8.88. The van der Waals surface area contributed by atoms with Gasteiger partial charge in [-0.05, 0) is 23.2 Å². The van der Waals surface area contributed by atoms with Crippen LogP contribution >= 0.6 is 0 Å². The van der Waals surface area contributed by atoms with E-state index in [1.165, 1.54) is 18.2 Å². The standard InChI is InChI=1S/C30H21N/c1-3-12-22(13-4-1)24-18-11-19-25(23-14-5-2-6-15-23)30(24)31-28-20-9-7-16-26(28)27-17-8-10-21-29(27)31/h1-21H/i1D,2D,3D,4D,5D,6D,7D,8D,9D,10D,12D,13D,14D,15D,16D,17D,20D,21D. The topological polar surface area (TPSA) is 4.93 Å². The van der Waals surface area contributed by atoms with Gasteiger partial charge in [0.05, 0.1) is 41.4 Å². The van der Waals surface area contributed by atoms with E-state index in [-0.39, 0.29) is 38.6 Å². The average molecular weight is 414 g/mol. The maximum Gasteiger partial charge on any atom is 0.0645 e. The van der Waals surface area contributed by atoms with Crippen molar-refractivity contribution in [3.05, 3.63) is 127 Å². The lowest BCUT2D eigenvalue weighted by atomic mass is 9.95. The fraction of sp³-hybridized carbons (Fsp3) is 0. The molecule has 0 unspecified atom stereocenters. The van der Waals surface area contributed by atoms with E-state index in [1.807, 2.05) is 0 Å². The van der Waals surface area contributed by atoms with Crippen LogP contribution in [0, 0.1) is 0 Å². The van der Waals surface area contributed by atoms with Gasteiger partial charge in [0.2, 0.25) is 0 Å². The lowest BCUT2D eigenvalue weighted by Gasteiger charge is -2.19. The number of para-hydroxylation sites is 3. The summed E-state index contributed by atoms with van der Waals surface area (Å²) in [5.74, 6) is 0. The molecule has 0 saturated carbocycles. The maximum atomic E-state index is 8.96. The van der Waals surface area contributed by atoms with Crippen LogP contribution in [0.4, 0.5) is 0 Å². The molecule has 1 nitrogen and oxygen atoms in total. The van der Waals surface area contributed by atoms with Crippen LogP contribution in [0.5, 0.6) is 0 Å². The van der Waals surface area contributed by atoms with E-state index in [4.69, 9.17) is 24.7 Å². The third-order valence-corrected chi connectivity index (χ3v) is 4.83. The molecule has 1 heteroatoms. The minimum atomic E-state index is -0.749. The van der Waals surface area contributed by atoms with Gasteiger partial charge in [-0.2, -0.15) is 0 Å². The molecule has 0 saturated heterocycles. The highest BCUT2D eigenvalue weighted by molar-refractivity contribution is 6.10. The Kier molecular flexibility index (Phi) is 1.71. The number of benzene rings is 5. The van der Waals surface area contributed by atoms with Crippen LogP contribution in [0.25, 0.3) is 49.7 Å². The number of hydrogen-bond acceptors (Lipinski definition) is 0. The third kappa shape index (κ3) is 2.86. The second kappa shape index (κ2) is 7.30. The zero-order valence-electron chi connectivity index (χ0n) is 33.7. The number of rotatable bonds is 3. The van der Waals surface area contributed by atoms with E-state index in [0.717, 1.165) is 4.57 Å². The van der Waals surface area contributed by atoms with Crippen LogP contribution in [0.2, 0.25) is 0 Å². The monoisotopic (exact) mass is 413 g/mol. The number of nitrogens with zero attached hydrogens (tertiary/aromatic N) is 1. The van der Waals surface area contributed by atoms with Crippen molar-refractivity contribution in [1.29, 1.82) is 0 Å². The maximum absolute atomic E-state index is 8.96. The zero-order chi connectivity index (χ0) is 36.3. The molecule has 0 aliphatic rings. The van der Waals surface area contributed by atoms with Gasteiger partial charge in [0.25, 0.3) is 0 Å². The first kappa shape index (κ1) is 7.25. The summed E-state index contributed by atoms with van der Waals surface area (Å²) in [6.45, 7) is 0. The molecular formula is C30H21N. The Labute approximate surface area is 207 Å². The molecule has 0 N–H and O–H groups in total. The van der Waals surface area contributed by atoms with Gasteiger partial charge in [-0.3, -0.25) is 0 Å². The number of fused-ring (bicyclic) bond motifs is 3. The predicted octanol–water partition coefficient (Wildman–Crippen LogP) is 8.12. The second-order valence-corrected chi connectivity index (χ2v) is 6.48. The fourth-order valence-corrected chi connectivity index (χ4v) is 3.60. The smallest absolute Gasteiger partial charge is 0.0645 e. The molecule has 0 spiro atoms. The second-order valence-electron chi connectivity index (χ2n) is 6.48. The van der Waals surface area contributed by atoms with Crippen molar-refractivity contribution in [2.24, 2.45) is 0 Å². The highest BCUT2D eigenvalue weighted by Gasteiger charge is 2.18. The van der Waals surface area contributed by atoms with Crippen molar-refractivity contribution >= 4 is 21.8 Å². The molecule has 0 amide bonds. The minimum Gasteiger partial charge on any atom is -0.308 e. The van der Waals surface area contributed by atoms with E-state index in [9.17, 15) is 0 Å². The van der Waals surface area contributed by atoms with Crippen molar-refractivity contribution in [2.75, 3.05) is 0 Å². The van der Waals surface area contributed by atoms with Crippen molar-refractivity contribution < 1.29 is 24.7 Å².